The van der Waals surface area contributed by atoms with Gasteiger partial charge in [-0.25, -0.2) is 4.79 Å². The van der Waals surface area contributed by atoms with Gasteiger partial charge >= 0.3 is 5.97 Å². The Hall–Kier alpha value is -3.40. The Balaban J connectivity index is 1.65. The first-order valence-electron chi connectivity index (χ1n) is 8.31. The first kappa shape index (κ1) is 17.4. The topological polar surface area (TPSA) is 55.4 Å². The number of amides is 1. The van der Waals surface area contributed by atoms with Gasteiger partial charge in [0, 0.05) is 11.3 Å². The van der Waals surface area contributed by atoms with Gasteiger partial charge in [-0.3, -0.25) is 4.79 Å². The summed E-state index contributed by atoms with van der Waals surface area (Å²) in [5.41, 5.74) is 3.44. The van der Waals surface area contributed by atoms with Crippen LogP contribution in [-0.2, 0) is 11.3 Å². The Morgan fingerprint density at radius 2 is 1.58 bits per heavy atom. The average Bonchev–Trinajstić information content (AvgIpc) is 2.67. The number of carbonyl (C=O) groups excluding carboxylic acids is 2. The van der Waals surface area contributed by atoms with Crippen molar-refractivity contribution in [2.24, 2.45) is 0 Å². The molecule has 0 heterocycles. The number of hydrogen-bond donors (Lipinski definition) is 1. The van der Waals surface area contributed by atoms with E-state index in [0.717, 1.165) is 11.1 Å². The maximum atomic E-state index is 12.3. The van der Waals surface area contributed by atoms with Crippen LogP contribution >= 0.6 is 0 Å². The van der Waals surface area contributed by atoms with Gasteiger partial charge in [-0.1, -0.05) is 54.1 Å². The van der Waals surface area contributed by atoms with Crippen molar-refractivity contribution in [3.8, 4) is 0 Å². The van der Waals surface area contributed by atoms with E-state index in [4.69, 9.17) is 4.74 Å². The summed E-state index contributed by atoms with van der Waals surface area (Å²) in [6.07, 6.45) is 0. The molecule has 3 rings (SSSR count). The summed E-state index contributed by atoms with van der Waals surface area (Å²) < 4.78 is 5.32. The van der Waals surface area contributed by atoms with Gasteiger partial charge in [-0.15, -0.1) is 0 Å². The first-order valence-corrected chi connectivity index (χ1v) is 8.31. The summed E-state index contributed by atoms with van der Waals surface area (Å²) in [6.45, 7) is 2.14. The number of benzene rings is 3. The third-order valence-electron chi connectivity index (χ3n) is 3.85. The Morgan fingerprint density at radius 1 is 0.846 bits per heavy atom. The molecule has 3 aromatic rings. The fourth-order valence-corrected chi connectivity index (χ4v) is 2.52. The molecule has 26 heavy (non-hydrogen) atoms. The molecule has 4 heteroatoms. The Bertz CT molecular complexity index is 919. The predicted molar refractivity (Wildman–Crippen MR) is 101 cm³/mol. The SMILES string of the molecule is Cc1cccc(C(=O)Nc2cccc(C(=O)OCc3ccccc3)c2)c1. The van der Waals surface area contributed by atoms with E-state index in [2.05, 4.69) is 5.32 Å². The lowest BCUT2D eigenvalue weighted by Crippen LogP contribution is -2.13. The van der Waals surface area contributed by atoms with Crippen LogP contribution in [0.4, 0.5) is 5.69 Å². The molecule has 0 unspecified atom stereocenters. The summed E-state index contributed by atoms with van der Waals surface area (Å²) in [7, 11) is 0. The molecular weight excluding hydrogens is 326 g/mol. The minimum atomic E-state index is -0.430. The van der Waals surface area contributed by atoms with Crippen molar-refractivity contribution in [2.75, 3.05) is 5.32 Å². The molecule has 0 saturated carbocycles. The van der Waals surface area contributed by atoms with Crippen LogP contribution in [0.15, 0.2) is 78.9 Å². The number of anilines is 1. The molecule has 0 spiro atoms. The molecule has 130 valence electrons. The van der Waals surface area contributed by atoms with Gasteiger partial charge in [0.15, 0.2) is 0 Å². The largest absolute Gasteiger partial charge is 0.457 e. The lowest BCUT2D eigenvalue weighted by Gasteiger charge is -2.08. The van der Waals surface area contributed by atoms with Crippen molar-refractivity contribution in [3.63, 3.8) is 0 Å². The van der Waals surface area contributed by atoms with Crippen molar-refractivity contribution in [1.29, 1.82) is 0 Å². The number of esters is 1. The zero-order chi connectivity index (χ0) is 18.4. The maximum absolute atomic E-state index is 12.3. The summed E-state index contributed by atoms with van der Waals surface area (Å²) in [5, 5.41) is 2.81. The molecule has 3 aromatic carbocycles. The van der Waals surface area contributed by atoms with Crippen LogP contribution in [0, 0.1) is 6.92 Å². The van der Waals surface area contributed by atoms with Gasteiger partial charge in [-0.05, 0) is 42.8 Å². The predicted octanol–water partition coefficient (Wildman–Crippen LogP) is 4.60. The van der Waals surface area contributed by atoms with E-state index in [1.165, 1.54) is 0 Å². The molecular formula is C22H19NO3. The van der Waals surface area contributed by atoms with E-state index >= 15 is 0 Å². The number of rotatable bonds is 5. The standard InChI is InChI=1S/C22H19NO3/c1-16-7-5-10-18(13-16)21(24)23-20-12-6-11-19(14-20)22(25)26-15-17-8-3-2-4-9-17/h2-14H,15H2,1H3,(H,23,24). The molecule has 0 saturated heterocycles. The zero-order valence-electron chi connectivity index (χ0n) is 14.4. The summed E-state index contributed by atoms with van der Waals surface area (Å²) in [6, 6.07) is 23.5. The summed E-state index contributed by atoms with van der Waals surface area (Å²) in [5.74, 6) is -0.649. The molecule has 1 amide bonds. The normalized spacial score (nSPS) is 10.2. The van der Waals surface area contributed by atoms with E-state index in [0.29, 0.717) is 16.8 Å². The quantitative estimate of drug-likeness (QED) is 0.687. The smallest absolute Gasteiger partial charge is 0.338 e. The molecule has 0 radical (unpaired) electrons. The van der Waals surface area contributed by atoms with Crippen LogP contribution < -0.4 is 5.32 Å². The van der Waals surface area contributed by atoms with Gasteiger partial charge in [-0.2, -0.15) is 0 Å². The van der Waals surface area contributed by atoms with Crippen LogP contribution in [0.25, 0.3) is 0 Å². The van der Waals surface area contributed by atoms with Crippen LogP contribution in [0.3, 0.4) is 0 Å². The molecule has 0 aromatic heterocycles. The molecule has 0 aliphatic carbocycles. The second kappa shape index (κ2) is 8.12. The van der Waals surface area contributed by atoms with Crippen molar-refractivity contribution in [3.05, 3.63) is 101 Å². The number of ether oxygens (including phenoxy) is 1. The number of hydrogen-bond acceptors (Lipinski definition) is 3. The van der Waals surface area contributed by atoms with Crippen molar-refractivity contribution in [1.82, 2.24) is 0 Å². The van der Waals surface area contributed by atoms with E-state index in [1.54, 1.807) is 30.3 Å². The van der Waals surface area contributed by atoms with Crippen LogP contribution in [-0.4, -0.2) is 11.9 Å². The van der Waals surface area contributed by atoms with Crippen LogP contribution in [0.5, 0.6) is 0 Å². The van der Waals surface area contributed by atoms with Crippen molar-refractivity contribution < 1.29 is 14.3 Å². The maximum Gasteiger partial charge on any atom is 0.338 e. The van der Waals surface area contributed by atoms with E-state index in [-0.39, 0.29) is 12.5 Å². The van der Waals surface area contributed by atoms with E-state index in [1.807, 2.05) is 55.5 Å². The van der Waals surface area contributed by atoms with Crippen molar-refractivity contribution in [2.45, 2.75) is 13.5 Å². The monoisotopic (exact) mass is 345 g/mol. The molecule has 1 N–H and O–H groups in total. The Kier molecular flexibility index (Phi) is 5.44. The van der Waals surface area contributed by atoms with Gasteiger partial charge in [0.25, 0.3) is 5.91 Å². The van der Waals surface area contributed by atoms with Crippen LogP contribution in [0.2, 0.25) is 0 Å². The highest BCUT2D eigenvalue weighted by Crippen LogP contribution is 2.15. The molecule has 0 atom stereocenters. The van der Waals surface area contributed by atoms with Crippen LogP contribution in [0.1, 0.15) is 31.8 Å². The Labute approximate surface area is 152 Å². The molecule has 0 aliphatic rings. The third-order valence-corrected chi connectivity index (χ3v) is 3.85. The third kappa shape index (κ3) is 4.57. The minimum Gasteiger partial charge on any atom is -0.457 e. The average molecular weight is 345 g/mol. The van der Waals surface area contributed by atoms with Gasteiger partial charge < -0.3 is 10.1 Å². The molecule has 0 bridgehead atoms. The van der Waals surface area contributed by atoms with Gasteiger partial charge in [0.05, 0.1) is 5.56 Å². The summed E-state index contributed by atoms with van der Waals surface area (Å²) >= 11 is 0. The lowest BCUT2D eigenvalue weighted by molar-refractivity contribution is 0.0472. The Morgan fingerprint density at radius 3 is 2.35 bits per heavy atom. The molecule has 4 nitrogen and oxygen atoms in total. The fraction of sp³-hybridized carbons (Fsp3) is 0.0909. The number of carbonyl (C=O) groups is 2. The fourth-order valence-electron chi connectivity index (χ4n) is 2.52. The highest BCUT2D eigenvalue weighted by Gasteiger charge is 2.10. The number of nitrogens with one attached hydrogen (secondary N) is 1. The van der Waals surface area contributed by atoms with Gasteiger partial charge in [0.2, 0.25) is 0 Å². The zero-order valence-corrected chi connectivity index (χ0v) is 14.4. The molecule has 0 aliphatic heterocycles. The van der Waals surface area contributed by atoms with E-state index in [9.17, 15) is 9.59 Å². The highest BCUT2D eigenvalue weighted by molar-refractivity contribution is 6.05. The number of aryl methyl sites for hydroxylation is 1. The summed E-state index contributed by atoms with van der Waals surface area (Å²) in [4.78, 5) is 24.6. The highest BCUT2D eigenvalue weighted by atomic mass is 16.5. The molecule has 0 fully saturated rings. The minimum absolute atomic E-state index is 0.208. The van der Waals surface area contributed by atoms with Crippen molar-refractivity contribution >= 4 is 17.6 Å². The lowest BCUT2D eigenvalue weighted by atomic mass is 10.1. The second-order valence-electron chi connectivity index (χ2n) is 5.97. The van der Waals surface area contributed by atoms with E-state index < -0.39 is 5.97 Å². The first-order chi connectivity index (χ1) is 12.6. The second-order valence-corrected chi connectivity index (χ2v) is 5.97. The van der Waals surface area contributed by atoms with Gasteiger partial charge in [0.1, 0.15) is 6.61 Å².